The summed E-state index contributed by atoms with van der Waals surface area (Å²) in [5.41, 5.74) is 6.45. The standard InChI is InChI=1S/C16H26N2O2/c17-14-5-3-8-16(13-14)20-12-4-9-18(10-11-19)15-6-1-2-7-15/h3,5,8,13,15,19H,1-2,4,6-7,9-12,17H2. The average Bonchev–Trinajstić information content (AvgIpc) is 2.96. The lowest BCUT2D eigenvalue weighted by Gasteiger charge is -2.28. The Morgan fingerprint density at radius 1 is 1.25 bits per heavy atom. The summed E-state index contributed by atoms with van der Waals surface area (Å²) in [6, 6.07) is 8.20. The summed E-state index contributed by atoms with van der Waals surface area (Å²) in [6.45, 7) is 2.71. The molecule has 0 amide bonds. The highest BCUT2D eigenvalue weighted by Crippen LogP contribution is 2.23. The topological polar surface area (TPSA) is 58.7 Å². The number of nitrogen functional groups attached to an aromatic ring is 1. The van der Waals surface area contributed by atoms with Crippen molar-refractivity contribution >= 4 is 5.69 Å². The van der Waals surface area contributed by atoms with Crippen molar-refractivity contribution in [2.24, 2.45) is 0 Å². The second kappa shape index (κ2) is 8.12. The van der Waals surface area contributed by atoms with Gasteiger partial charge in [-0.1, -0.05) is 18.9 Å². The van der Waals surface area contributed by atoms with Crippen molar-refractivity contribution in [3.05, 3.63) is 24.3 Å². The molecule has 0 heterocycles. The first kappa shape index (κ1) is 15.1. The Morgan fingerprint density at radius 2 is 2.05 bits per heavy atom. The van der Waals surface area contributed by atoms with E-state index in [1.165, 1.54) is 25.7 Å². The van der Waals surface area contributed by atoms with Gasteiger partial charge in [0.2, 0.25) is 0 Å². The molecule has 0 aromatic heterocycles. The molecule has 1 aliphatic rings. The molecule has 0 saturated heterocycles. The Kier molecular flexibility index (Phi) is 6.15. The molecule has 20 heavy (non-hydrogen) atoms. The lowest BCUT2D eigenvalue weighted by atomic mass is 10.2. The molecule has 3 N–H and O–H groups in total. The van der Waals surface area contributed by atoms with Gasteiger partial charge < -0.3 is 15.6 Å². The van der Waals surface area contributed by atoms with E-state index < -0.39 is 0 Å². The molecule has 0 bridgehead atoms. The van der Waals surface area contributed by atoms with E-state index in [1.54, 1.807) is 0 Å². The lowest BCUT2D eigenvalue weighted by molar-refractivity contribution is 0.142. The van der Waals surface area contributed by atoms with Crippen LogP contribution in [0.4, 0.5) is 5.69 Å². The number of rotatable bonds is 8. The van der Waals surface area contributed by atoms with Gasteiger partial charge in [-0.2, -0.15) is 0 Å². The van der Waals surface area contributed by atoms with E-state index in [4.69, 9.17) is 10.5 Å². The fraction of sp³-hybridized carbons (Fsp3) is 0.625. The lowest BCUT2D eigenvalue weighted by Crippen LogP contribution is -2.36. The van der Waals surface area contributed by atoms with Gasteiger partial charge in [0.1, 0.15) is 5.75 Å². The normalized spacial score (nSPS) is 15.9. The van der Waals surface area contributed by atoms with E-state index in [-0.39, 0.29) is 6.61 Å². The predicted molar refractivity (Wildman–Crippen MR) is 81.9 cm³/mol. The molecule has 1 aliphatic carbocycles. The third-order valence-electron chi connectivity index (χ3n) is 3.94. The molecule has 0 aliphatic heterocycles. The van der Waals surface area contributed by atoms with Crippen molar-refractivity contribution in [2.45, 2.75) is 38.1 Å². The second-order valence-electron chi connectivity index (χ2n) is 5.47. The maximum atomic E-state index is 9.18. The van der Waals surface area contributed by atoms with Crippen molar-refractivity contribution in [3.63, 3.8) is 0 Å². The van der Waals surface area contributed by atoms with Crippen LogP contribution >= 0.6 is 0 Å². The van der Waals surface area contributed by atoms with Crippen LogP contribution in [-0.4, -0.2) is 42.4 Å². The van der Waals surface area contributed by atoms with Crippen LogP contribution in [0.15, 0.2) is 24.3 Å². The van der Waals surface area contributed by atoms with Crippen molar-refractivity contribution < 1.29 is 9.84 Å². The van der Waals surface area contributed by atoms with Crippen molar-refractivity contribution in [1.82, 2.24) is 4.90 Å². The first-order chi connectivity index (χ1) is 9.79. The number of hydrogen-bond donors (Lipinski definition) is 2. The fourth-order valence-electron chi connectivity index (χ4n) is 2.94. The van der Waals surface area contributed by atoms with E-state index in [9.17, 15) is 5.11 Å². The minimum Gasteiger partial charge on any atom is -0.493 e. The highest BCUT2D eigenvalue weighted by molar-refractivity contribution is 5.43. The third-order valence-corrected chi connectivity index (χ3v) is 3.94. The molecule has 4 nitrogen and oxygen atoms in total. The SMILES string of the molecule is Nc1cccc(OCCCN(CCO)C2CCCC2)c1. The molecule has 1 aromatic rings. The highest BCUT2D eigenvalue weighted by atomic mass is 16.5. The molecule has 112 valence electrons. The van der Waals surface area contributed by atoms with Crippen molar-refractivity contribution in [1.29, 1.82) is 0 Å². The zero-order chi connectivity index (χ0) is 14.2. The number of nitrogens with zero attached hydrogens (tertiary/aromatic N) is 1. The van der Waals surface area contributed by atoms with E-state index in [0.717, 1.165) is 30.9 Å². The van der Waals surface area contributed by atoms with Gasteiger partial charge in [0.05, 0.1) is 13.2 Å². The first-order valence-corrected chi connectivity index (χ1v) is 7.63. The zero-order valence-electron chi connectivity index (χ0n) is 12.1. The van der Waals surface area contributed by atoms with Crippen LogP contribution < -0.4 is 10.5 Å². The Hall–Kier alpha value is -1.26. The van der Waals surface area contributed by atoms with E-state index in [0.29, 0.717) is 12.6 Å². The molecule has 0 atom stereocenters. The van der Waals surface area contributed by atoms with Crippen LogP contribution in [0, 0.1) is 0 Å². The smallest absolute Gasteiger partial charge is 0.121 e. The number of benzene rings is 1. The predicted octanol–water partition coefficient (Wildman–Crippen LogP) is 2.27. The summed E-state index contributed by atoms with van der Waals surface area (Å²) in [6.07, 6.45) is 6.18. The largest absolute Gasteiger partial charge is 0.493 e. The van der Waals surface area contributed by atoms with Gasteiger partial charge in [-0.3, -0.25) is 4.90 Å². The molecule has 0 spiro atoms. The minimum absolute atomic E-state index is 0.243. The van der Waals surface area contributed by atoms with Gasteiger partial charge in [0.25, 0.3) is 0 Å². The first-order valence-electron chi connectivity index (χ1n) is 7.63. The molecule has 1 aromatic carbocycles. The summed E-state index contributed by atoms with van der Waals surface area (Å²) < 4.78 is 5.71. The van der Waals surface area contributed by atoms with Crippen molar-refractivity contribution in [2.75, 3.05) is 32.0 Å². The summed E-state index contributed by atoms with van der Waals surface area (Å²) in [7, 11) is 0. The number of ether oxygens (including phenoxy) is 1. The van der Waals surface area contributed by atoms with Gasteiger partial charge in [0, 0.05) is 30.9 Å². The number of aliphatic hydroxyl groups excluding tert-OH is 1. The Balaban J connectivity index is 1.70. The van der Waals surface area contributed by atoms with Crippen LogP contribution in [0.2, 0.25) is 0 Å². The maximum absolute atomic E-state index is 9.18. The number of anilines is 1. The Morgan fingerprint density at radius 3 is 2.75 bits per heavy atom. The van der Waals surface area contributed by atoms with E-state index in [2.05, 4.69) is 4.90 Å². The van der Waals surface area contributed by atoms with Gasteiger partial charge >= 0.3 is 0 Å². The van der Waals surface area contributed by atoms with Gasteiger partial charge in [-0.15, -0.1) is 0 Å². The van der Waals surface area contributed by atoms with E-state index >= 15 is 0 Å². The quantitative estimate of drug-likeness (QED) is 0.566. The summed E-state index contributed by atoms with van der Waals surface area (Å²) in [4.78, 5) is 2.41. The van der Waals surface area contributed by atoms with Crippen LogP contribution in [0.1, 0.15) is 32.1 Å². The van der Waals surface area contributed by atoms with Crippen LogP contribution in [0.5, 0.6) is 5.75 Å². The Bertz CT molecular complexity index is 392. The molecule has 1 saturated carbocycles. The molecular formula is C16H26N2O2. The summed E-state index contributed by atoms with van der Waals surface area (Å²) in [5, 5.41) is 9.18. The fourth-order valence-corrected chi connectivity index (χ4v) is 2.94. The zero-order valence-corrected chi connectivity index (χ0v) is 12.1. The van der Waals surface area contributed by atoms with Gasteiger partial charge in [0.15, 0.2) is 0 Å². The number of hydrogen-bond acceptors (Lipinski definition) is 4. The Labute approximate surface area is 121 Å². The maximum Gasteiger partial charge on any atom is 0.121 e. The van der Waals surface area contributed by atoms with E-state index in [1.807, 2.05) is 24.3 Å². The molecule has 4 heteroatoms. The minimum atomic E-state index is 0.243. The van der Waals surface area contributed by atoms with Gasteiger partial charge in [-0.05, 0) is 31.4 Å². The second-order valence-corrected chi connectivity index (χ2v) is 5.47. The highest BCUT2D eigenvalue weighted by Gasteiger charge is 2.21. The molecule has 0 unspecified atom stereocenters. The van der Waals surface area contributed by atoms with Crippen LogP contribution in [0.3, 0.4) is 0 Å². The molecular weight excluding hydrogens is 252 g/mol. The summed E-state index contributed by atoms with van der Waals surface area (Å²) >= 11 is 0. The number of nitrogens with two attached hydrogens (primary N) is 1. The monoisotopic (exact) mass is 278 g/mol. The molecule has 0 radical (unpaired) electrons. The molecule has 2 rings (SSSR count). The van der Waals surface area contributed by atoms with Crippen molar-refractivity contribution in [3.8, 4) is 5.75 Å². The summed E-state index contributed by atoms with van der Waals surface area (Å²) in [5.74, 6) is 0.833. The van der Waals surface area contributed by atoms with Crippen LogP contribution in [0.25, 0.3) is 0 Å². The average molecular weight is 278 g/mol. The molecule has 1 fully saturated rings. The third kappa shape index (κ3) is 4.69. The van der Waals surface area contributed by atoms with Crippen LogP contribution in [-0.2, 0) is 0 Å². The number of aliphatic hydroxyl groups is 1. The van der Waals surface area contributed by atoms with Gasteiger partial charge in [-0.25, -0.2) is 0 Å².